The number of aryl methyl sites for hydroxylation is 1. The molecule has 3 atom stereocenters. The molecule has 2 N–H and O–H groups in total. The summed E-state index contributed by atoms with van der Waals surface area (Å²) in [5, 5.41) is 14.6. The molecule has 2 aromatic rings. The van der Waals surface area contributed by atoms with E-state index >= 15 is 0 Å². The zero-order chi connectivity index (χ0) is 21.3. The van der Waals surface area contributed by atoms with Crippen molar-refractivity contribution >= 4 is 33.2 Å². The van der Waals surface area contributed by atoms with Crippen molar-refractivity contribution in [1.29, 1.82) is 0 Å². The Balaban J connectivity index is 2.19. The molecule has 0 aromatic heterocycles. The molecule has 152 valence electrons. The minimum absolute atomic E-state index is 0.100. The van der Waals surface area contributed by atoms with Gasteiger partial charge in [-0.2, -0.15) is 0 Å². The summed E-state index contributed by atoms with van der Waals surface area (Å²) < 4.78 is 0.952. The van der Waals surface area contributed by atoms with Crippen LogP contribution in [0.25, 0.3) is 0 Å². The highest BCUT2D eigenvalue weighted by Gasteiger charge is 2.49. The van der Waals surface area contributed by atoms with Gasteiger partial charge < -0.3 is 10.4 Å². The van der Waals surface area contributed by atoms with Gasteiger partial charge in [0.1, 0.15) is 5.78 Å². The molecule has 4 nitrogen and oxygen atoms in total. The predicted octanol–water partition coefficient (Wildman–Crippen LogP) is 5.16. The van der Waals surface area contributed by atoms with Crippen LogP contribution in [-0.2, 0) is 9.59 Å². The summed E-state index contributed by atoms with van der Waals surface area (Å²) >= 11 is 3.42. The third-order valence-corrected chi connectivity index (χ3v) is 6.10. The number of anilines is 1. The van der Waals surface area contributed by atoms with Crippen molar-refractivity contribution < 1.29 is 14.7 Å². The van der Waals surface area contributed by atoms with Gasteiger partial charge in [0.05, 0.1) is 11.5 Å². The fourth-order valence-corrected chi connectivity index (χ4v) is 4.60. The van der Waals surface area contributed by atoms with Gasteiger partial charge >= 0.3 is 0 Å². The van der Waals surface area contributed by atoms with E-state index in [1.807, 2.05) is 55.5 Å². The van der Waals surface area contributed by atoms with Crippen LogP contribution in [0.4, 0.5) is 5.69 Å². The summed E-state index contributed by atoms with van der Waals surface area (Å²) in [5.41, 5.74) is 2.71. The maximum atomic E-state index is 12.8. The summed E-state index contributed by atoms with van der Waals surface area (Å²) in [4.78, 5) is 25.4. The molecule has 0 saturated heterocycles. The second-order valence-corrected chi connectivity index (χ2v) is 9.01. The first kappa shape index (κ1) is 21.5. The van der Waals surface area contributed by atoms with E-state index in [-0.39, 0.29) is 18.0 Å². The predicted molar refractivity (Wildman–Crippen MR) is 119 cm³/mol. The van der Waals surface area contributed by atoms with Crippen molar-refractivity contribution in [2.75, 3.05) is 5.32 Å². The minimum Gasteiger partial charge on any atom is -0.389 e. The molecule has 2 aromatic carbocycles. The third-order valence-electron chi connectivity index (χ3n) is 5.57. The van der Waals surface area contributed by atoms with Gasteiger partial charge in [-0.15, -0.1) is 0 Å². The molecule has 1 aliphatic carbocycles. The summed E-state index contributed by atoms with van der Waals surface area (Å²) in [6, 6.07) is 15.4. The minimum atomic E-state index is -1.28. The fraction of sp³-hybridized carbons (Fsp3) is 0.333. The van der Waals surface area contributed by atoms with Gasteiger partial charge in [0, 0.05) is 33.8 Å². The van der Waals surface area contributed by atoms with Crippen LogP contribution in [0.2, 0.25) is 0 Å². The zero-order valence-electron chi connectivity index (χ0n) is 17.1. The third kappa shape index (κ3) is 4.51. The average Bonchev–Trinajstić information content (AvgIpc) is 2.62. The number of allylic oxidation sites excluding steroid dienone is 1. The summed E-state index contributed by atoms with van der Waals surface area (Å²) in [5.74, 6) is -1.43. The highest BCUT2D eigenvalue weighted by atomic mass is 79.9. The Morgan fingerprint density at radius 2 is 1.66 bits per heavy atom. The van der Waals surface area contributed by atoms with Gasteiger partial charge in [-0.25, -0.2) is 0 Å². The van der Waals surface area contributed by atoms with E-state index in [1.165, 1.54) is 13.8 Å². The number of aliphatic hydroxyl groups is 1. The zero-order valence-corrected chi connectivity index (χ0v) is 18.7. The standard InChI is InChI=1S/C24H26BrNO3/c1-14-5-7-17(8-6-14)22-21(15(2)27)20(13-24(4,29)23(22)16(3)28)26-19-11-9-18(25)10-12-19/h5-12,22-23,26,29H,13H2,1-4H3. The number of hydrogen-bond donors (Lipinski definition) is 2. The topological polar surface area (TPSA) is 66.4 Å². The van der Waals surface area contributed by atoms with Crippen molar-refractivity contribution in [1.82, 2.24) is 0 Å². The molecule has 1 aliphatic rings. The van der Waals surface area contributed by atoms with Gasteiger partial charge in [-0.3, -0.25) is 9.59 Å². The molecule has 29 heavy (non-hydrogen) atoms. The van der Waals surface area contributed by atoms with E-state index in [0.29, 0.717) is 11.3 Å². The van der Waals surface area contributed by atoms with Gasteiger partial charge in [0.15, 0.2) is 5.78 Å². The molecular formula is C24H26BrNO3. The second kappa shape index (κ2) is 8.25. The SMILES string of the molecule is CC(=O)C1=C(Nc2ccc(Br)cc2)CC(C)(O)C(C(C)=O)C1c1ccc(C)cc1. The van der Waals surface area contributed by atoms with Gasteiger partial charge in [-0.1, -0.05) is 45.8 Å². The van der Waals surface area contributed by atoms with Crippen LogP contribution < -0.4 is 5.32 Å². The Hall–Kier alpha value is -2.24. The lowest BCUT2D eigenvalue weighted by Gasteiger charge is -2.43. The normalized spacial score (nSPS) is 24.3. The number of ketones is 2. The Bertz CT molecular complexity index is 959. The van der Waals surface area contributed by atoms with Crippen molar-refractivity contribution in [2.45, 2.75) is 45.6 Å². The number of halogens is 1. The first-order valence-corrected chi connectivity index (χ1v) is 10.5. The van der Waals surface area contributed by atoms with Crippen LogP contribution in [0.5, 0.6) is 0 Å². The quantitative estimate of drug-likeness (QED) is 0.653. The van der Waals surface area contributed by atoms with E-state index < -0.39 is 17.4 Å². The monoisotopic (exact) mass is 455 g/mol. The molecule has 0 bridgehead atoms. The lowest BCUT2D eigenvalue weighted by atomic mass is 9.64. The molecule has 0 heterocycles. The number of carbonyl (C=O) groups is 2. The molecule has 0 aliphatic heterocycles. The first-order chi connectivity index (χ1) is 13.6. The maximum absolute atomic E-state index is 12.8. The van der Waals surface area contributed by atoms with Crippen LogP contribution in [0.3, 0.4) is 0 Å². The Morgan fingerprint density at radius 3 is 2.17 bits per heavy atom. The van der Waals surface area contributed by atoms with E-state index in [0.717, 1.165) is 21.3 Å². The summed E-state index contributed by atoms with van der Waals surface area (Å²) in [7, 11) is 0. The number of carbonyl (C=O) groups excluding carboxylic acids is 2. The average molecular weight is 456 g/mol. The van der Waals surface area contributed by atoms with E-state index in [4.69, 9.17) is 0 Å². The number of rotatable bonds is 5. The summed E-state index contributed by atoms with van der Waals surface area (Å²) in [6.07, 6.45) is 0.199. The van der Waals surface area contributed by atoms with E-state index in [1.54, 1.807) is 6.92 Å². The van der Waals surface area contributed by atoms with Crippen molar-refractivity contribution in [2.24, 2.45) is 5.92 Å². The number of Topliss-reactive ketones (excluding diaryl/α,β-unsaturated/α-hetero) is 2. The number of nitrogens with one attached hydrogen (secondary N) is 1. The van der Waals surface area contributed by atoms with E-state index in [2.05, 4.69) is 21.2 Å². The number of benzene rings is 2. The Morgan fingerprint density at radius 1 is 1.07 bits per heavy atom. The van der Waals surface area contributed by atoms with Crippen LogP contribution in [0.1, 0.15) is 44.2 Å². The van der Waals surface area contributed by atoms with Crippen molar-refractivity contribution in [3.63, 3.8) is 0 Å². The lowest BCUT2D eigenvalue weighted by molar-refractivity contribution is -0.131. The molecule has 0 saturated carbocycles. The van der Waals surface area contributed by atoms with Crippen LogP contribution in [-0.4, -0.2) is 22.3 Å². The van der Waals surface area contributed by atoms with E-state index in [9.17, 15) is 14.7 Å². The molecule has 0 fully saturated rings. The Labute approximate surface area is 180 Å². The highest BCUT2D eigenvalue weighted by Crippen LogP contribution is 2.47. The maximum Gasteiger partial charge on any atom is 0.158 e. The molecule has 5 heteroatoms. The molecule has 3 rings (SSSR count). The van der Waals surface area contributed by atoms with Crippen LogP contribution in [0, 0.1) is 12.8 Å². The lowest BCUT2D eigenvalue weighted by Crippen LogP contribution is -2.48. The smallest absolute Gasteiger partial charge is 0.158 e. The largest absolute Gasteiger partial charge is 0.389 e. The van der Waals surface area contributed by atoms with Gasteiger partial charge in [0.25, 0.3) is 0 Å². The summed E-state index contributed by atoms with van der Waals surface area (Å²) in [6.45, 7) is 6.69. The molecule has 0 spiro atoms. The van der Waals surface area contributed by atoms with Crippen molar-refractivity contribution in [3.8, 4) is 0 Å². The Kier molecular flexibility index (Phi) is 6.11. The molecule has 3 unspecified atom stereocenters. The highest BCUT2D eigenvalue weighted by molar-refractivity contribution is 9.10. The number of hydrogen-bond acceptors (Lipinski definition) is 4. The molecule has 0 radical (unpaired) electrons. The van der Waals surface area contributed by atoms with Crippen LogP contribution in [0.15, 0.2) is 64.3 Å². The van der Waals surface area contributed by atoms with Crippen LogP contribution >= 0.6 is 15.9 Å². The van der Waals surface area contributed by atoms with Crippen molar-refractivity contribution in [3.05, 3.63) is 75.4 Å². The fourth-order valence-electron chi connectivity index (χ4n) is 4.33. The van der Waals surface area contributed by atoms with Gasteiger partial charge in [0.2, 0.25) is 0 Å². The second-order valence-electron chi connectivity index (χ2n) is 8.09. The molecule has 0 amide bonds. The van der Waals surface area contributed by atoms with Gasteiger partial charge in [-0.05, 0) is 57.5 Å². The first-order valence-electron chi connectivity index (χ1n) is 9.66. The molecular weight excluding hydrogens is 430 g/mol.